The first-order valence-corrected chi connectivity index (χ1v) is 9.39. The van der Waals surface area contributed by atoms with Crippen LogP contribution in [0, 0.1) is 12.8 Å². The van der Waals surface area contributed by atoms with Gasteiger partial charge in [0.25, 0.3) is 0 Å². The van der Waals surface area contributed by atoms with Crippen LogP contribution in [0.1, 0.15) is 40.6 Å². The Bertz CT molecular complexity index is 902. The Morgan fingerprint density at radius 1 is 1.28 bits per heavy atom. The van der Waals surface area contributed by atoms with Crippen LogP contribution in [0.3, 0.4) is 0 Å². The van der Waals surface area contributed by atoms with Crippen LogP contribution in [-0.2, 0) is 18.3 Å². The number of aryl methyl sites for hydroxylation is 1. The molecule has 1 fully saturated rings. The van der Waals surface area contributed by atoms with E-state index in [0.717, 1.165) is 30.9 Å². The number of ether oxygens (including phenoxy) is 2. The molecule has 2 aromatic rings. The van der Waals surface area contributed by atoms with E-state index < -0.39 is 0 Å². The number of fused-ring (bicyclic) bond motifs is 2. The van der Waals surface area contributed by atoms with E-state index in [0.29, 0.717) is 12.0 Å². The van der Waals surface area contributed by atoms with Crippen molar-refractivity contribution in [3.05, 3.63) is 46.3 Å². The predicted molar refractivity (Wildman–Crippen MR) is 95.5 cm³/mol. The average Bonchev–Trinajstić information content (AvgIpc) is 3.13. The molecule has 4 atom stereocenters. The number of likely N-dealkylation sites (tertiary alicyclic amines) is 1. The van der Waals surface area contributed by atoms with E-state index >= 15 is 0 Å². The zero-order valence-electron chi connectivity index (χ0n) is 15.1. The van der Waals surface area contributed by atoms with E-state index in [1.165, 1.54) is 34.5 Å². The molecule has 6 rings (SSSR count). The maximum Gasteiger partial charge on any atom is 0.166 e. The molecule has 4 heteroatoms. The quantitative estimate of drug-likeness (QED) is 0.869. The third-order valence-corrected chi connectivity index (χ3v) is 7.37. The number of nitrogens with zero attached hydrogens (tertiary/aromatic N) is 1. The second-order valence-electron chi connectivity index (χ2n) is 8.37. The van der Waals surface area contributed by atoms with Gasteiger partial charge >= 0.3 is 0 Å². The summed E-state index contributed by atoms with van der Waals surface area (Å²) in [5, 5.41) is 0. The van der Waals surface area contributed by atoms with E-state index in [1.54, 1.807) is 7.11 Å². The van der Waals surface area contributed by atoms with Crippen LogP contribution in [0.4, 0.5) is 0 Å². The largest absolute Gasteiger partial charge is 0.493 e. The van der Waals surface area contributed by atoms with E-state index in [-0.39, 0.29) is 11.5 Å². The molecule has 3 heterocycles. The minimum absolute atomic E-state index is 0.108. The number of likely N-dealkylation sites (N-methyl/N-ethyl adjacent to an activating group) is 1. The predicted octanol–water partition coefficient (Wildman–Crippen LogP) is 3.14. The lowest BCUT2D eigenvalue weighted by atomic mass is 9.52. The SMILES string of the molecule is COc1ccc2c3c1O[C@H]1c4[nH]c(C)cc4C[C@H]4[C@H](C2)N(C)CC[C@]314. The van der Waals surface area contributed by atoms with E-state index in [2.05, 4.69) is 42.1 Å². The van der Waals surface area contributed by atoms with Gasteiger partial charge < -0.3 is 19.4 Å². The summed E-state index contributed by atoms with van der Waals surface area (Å²) in [6.45, 7) is 3.30. The molecule has 2 aliphatic carbocycles. The lowest BCUT2D eigenvalue weighted by Crippen LogP contribution is -2.62. The summed E-state index contributed by atoms with van der Waals surface area (Å²) in [5.41, 5.74) is 7.05. The molecule has 0 unspecified atom stereocenters. The number of rotatable bonds is 1. The highest BCUT2D eigenvalue weighted by Gasteiger charge is 2.64. The van der Waals surface area contributed by atoms with E-state index in [1.807, 2.05) is 0 Å². The van der Waals surface area contributed by atoms with Crippen LogP contribution in [0.5, 0.6) is 11.5 Å². The van der Waals surface area contributed by atoms with Gasteiger partial charge in [0, 0.05) is 22.7 Å². The van der Waals surface area contributed by atoms with Gasteiger partial charge in [0.15, 0.2) is 11.5 Å². The molecule has 4 nitrogen and oxygen atoms in total. The molecule has 0 radical (unpaired) electrons. The van der Waals surface area contributed by atoms with E-state index in [9.17, 15) is 0 Å². The number of hydrogen-bond acceptors (Lipinski definition) is 3. The zero-order valence-corrected chi connectivity index (χ0v) is 15.1. The highest BCUT2D eigenvalue weighted by molar-refractivity contribution is 5.62. The minimum Gasteiger partial charge on any atom is -0.493 e. The summed E-state index contributed by atoms with van der Waals surface area (Å²) in [5.74, 6) is 2.53. The van der Waals surface area contributed by atoms with Crippen LogP contribution in [0.25, 0.3) is 0 Å². The first kappa shape index (κ1) is 14.3. The standard InChI is InChI=1S/C21H24N2O2/c1-11-8-13-9-14-15-10-12-4-5-16(24-3)19-17(12)21(14,6-7-23(15)2)20(25-19)18(13)22-11/h4-5,8,14-15,20,22H,6-7,9-10H2,1-3H3/t14-,15-,20-,21-/m0/s1. The number of hydrogen-bond donors (Lipinski definition) is 1. The van der Waals surface area contributed by atoms with Gasteiger partial charge in [-0.1, -0.05) is 6.07 Å². The maximum absolute atomic E-state index is 6.70. The number of aromatic amines is 1. The molecule has 2 aliphatic heterocycles. The van der Waals surface area contributed by atoms with Crippen LogP contribution in [0.2, 0.25) is 0 Å². The Kier molecular flexibility index (Phi) is 2.52. The highest BCUT2D eigenvalue weighted by atomic mass is 16.5. The van der Waals surface area contributed by atoms with Crippen molar-refractivity contribution in [3.63, 3.8) is 0 Å². The molecule has 1 N–H and O–H groups in total. The summed E-state index contributed by atoms with van der Waals surface area (Å²) in [6.07, 6.45) is 3.56. The van der Waals surface area contributed by atoms with Crippen LogP contribution >= 0.6 is 0 Å². The topological polar surface area (TPSA) is 37.5 Å². The first-order valence-electron chi connectivity index (χ1n) is 9.39. The first-order chi connectivity index (χ1) is 12.1. The van der Waals surface area contributed by atoms with Gasteiger partial charge in [-0.25, -0.2) is 0 Å². The Labute approximate surface area is 148 Å². The summed E-state index contributed by atoms with van der Waals surface area (Å²) in [7, 11) is 4.05. The second-order valence-corrected chi connectivity index (χ2v) is 8.37. The Morgan fingerprint density at radius 3 is 3.00 bits per heavy atom. The van der Waals surface area contributed by atoms with Crippen molar-refractivity contribution >= 4 is 0 Å². The fourth-order valence-corrected chi connectivity index (χ4v) is 6.38. The van der Waals surface area contributed by atoms with Gasteiger partial charge in [-0.05, 0) is 69.0 Å². The second kappa shape index (κ2) is 4.42. The van der Waals surface area contributed by atoms with Crippen LogP contribution in [-0.4, -0.2) is 36.6 Å². The molecule has 0 saturated carbocycles. The van der Waals surface area contributed by atoms with Crippen molar-refractivity contribution in [2.45, 2.75) is 43.7 Å². The van der Waals surface area contributed by atoms with Gasteiger partial charge in [0.05, 0.1) is 12.8 Å². The van der Waals surface area contributed by atoms with Crippen molar-refractivity contribution in [3.8, 4) is 11.5 Å². The third kappa shape index (κ3) is 1.49. The Balaban J connectivity index is 1.68. The molecular formula is C21H24N2O2. The lowest BCUT2D eigenvalue weighted by molar-refractivity contribution is -0.0255. The molecule has 4 aliphatic rings. The molecule has 1 spiro atoms. The van der Waals surface area contributed by atoms with Gasteiger partial charge in [0.1, 0.15) is 6.10 Å². The van der Waals surface area contributed by atoms with Crippen molar-refractivity contribution in [1.82, 2.24) is 9.88 Å². The summed E-state index contributed by atoms with van der Waals surface area (Å²) in [4.78, 5) is 6.22. The molecule has 1 saturated heterocycles. The Morgan fingerprint density at radius 2 is 2.16 bits per heavy atom. The lowest BCUT2D eigenvalue weighted by Gasteiger charge is -2.57. The number of benzene rings is 1. The van der Waals surface area contributed by atoms with Gasteiger partial charge in [-0.3, -0.25) is 0 Å². The summed E-state index contributed by atoms with van der Waals surface area (Å²) < 4.78 is 12.4. The summed E-state index contributed by atoms with van der Waals surface area (Å²) >= 11 is 0. The van der Waals surface area contributed by atoms with Crippen molar-refractivity contribution < 1.29 is 9.47 Å². The van der Waals surface area contributed by atoms with Crippen molar-refractivity contribution in [2.75, 3.05) is 20.7 Å². The average molecular weight is 336 g/mol. The molecule has 2 bridgehead atoms. The molecule has 25 heavy (non-hydrogen) atoms. The zero-order chi connectivity index (χ0) is 16.9. The number of methoxy groups -OCH3 is 1. The maximum atomic E-state index is 6.70. The number of nitrogens with one attached hydrogen (secondary N) is 1. The number of aromatic nitrogens is 1. The molecule has 1 aromatic carbocycles. The summed E-state index contributed by atoms with van der Waals surface area (Å²) in [6, 6.07) is 7.31. The molecule has 0 amide bonds. The number of H-pyrrole nitrogens is 1. The Hall–Kier alpha value is -1.94. The number of piperidine rings is 1. The highest BCUT2D eigenvalue weighted by Crippen LogP contribution is 2.67. The van der Waals surface area contributed by atoms with Crippen molar-refractivity contribution in [2.24, 2.45) is 5.92 Å². The normalized spacial score (nSPS) is 34.3. The molecule has 1 aromatic heterocycles. The minimum atomic E-state index is 0.108. The van der Waals surface area contributed by atoms with Crippen molar-refractivity contribution in [1.29, 1.82) is 0 Å². The van der Waals surface area contributed by atoms with E-state index in [4.69, 9.17) is 9.47 Å². The van der Waals surface area contributed by atoms with Crippen LogP contribution in [0.15, 0.2) is 18.2 Å². The van der Waals surface area contributed by atoms with Gasteiger partial charge in [-0.15, -0.1) is 0 Å². The fourth-order valence-electron chi connectivity index (χ4n) is 6.38. The van der Waals surface area contributed by atoms with Gasteiger partial charge in [-0.2, -0.15) is 0 Å². The fraction of sp³-hybridized carbons (Fsp3) is 0.524. The molecule has 130 valence electrons. The van der Waals surface area contributed by atoms with Crippen LogP contribution < -0.4 is 9.47 Å². The third-order valence-electron chi connectivity index (χ3n) is 7.37. The molecular weight excluding hydrogens is 312 g/mol. The smallest absolute Gasteiger partial charge is 0.166 e. The van der Waals surface area contributed by atoms with Gasteiger partial charge in [0.2, 0.25) is 0 Å². The monoisotopic (exact) mass is 336 g/mol.